The van der Waals surface area contributed by atoms with Gasteiger partial charge in [0.1, 0.15) is 0 Å². The van der Waals surface area contributed by atoms with Crippen LogP contribution in [0.4, 0.5) is 0 Å². The standard InChI is InChI=1S/C38H66N4/c1-2-32-13-21-40(22-14-32)28-34-5-9-36(10-6-34)30-42-25-17-38(18-26-42)37-15-23-41(24-16-37)29-35-7-3-33(4-8-35)27-39-19-11-31(1)12-20-39/h1-2,31-38H,3-30H2. The third-order valence-electron chi connectivity index (χ3n) is 13.8. The topological polar surface area (TPSA) is 13.0 Å². The molecule has 4 saturated heterocycles. The lowest BCUT2D eigenvalue weighted by Gasteiger charge is -2.43. The fraction of sp³-hybridized carbons (Fsp3) is 0.947. The van der Waals surface area contributed by atoms with Crippen molar-refractivity contribution in [1.82, 2.24) is 19.6 Å². The maximum atomic E-state index is 2.88. The van der Waals surface area contributed by atoms with E-state index in [-0.39, 0.29) is 0 Å². The molecule has 4 heteroatoms. The molecule has 0 aromatic carbocycles. The molecule has 0 spiro atoms. The largest absolute Gasteiger partial charge is 0.303 e. The third kappa shape index (κ3) is 8.24. The van der Waals surface area contributed by atoms with Gasteiger partial charge in [0, 0.05) is 26.2 Å². The molecule has 0 unspecified atom stereocenters. The molecule has 0 N–H and O–H groups in total. The number of rotatable bonds is 0. The van der Waals surface area contributed by atoms with Crippen molar-refractivity contribution in [2.75, 3.05) is 78.5 Å². The molecular weight excluding hydrogens is 512 g/mol. The highest BCUT2D eigenvalue weighted by atomic mass is 15.2. The Labute approximate surface area is 260 Å². The first-order chi connectivity index (χ1) is 20.7. The molecule has 0 amide bonds. The highest BCUT2D eigenvalue weighted by Gasteiger charge is 2.33. The van der Waals surface area contributed by atoms with E-state index in [1.165, 1.54) is 181 Å². The van der Waals surface area contributed by atoms with E-state index in [0.717, 1.165) is 47.3 Å². The van der Waals surface area contributed by atoms with Crippen molar-refractivity contribution in [3.8, 4) is 0 Å². The minimum absolute atomic E-state index is 0.848. The third-order valence-corrected chi connectivity index (χ3v) is 13.8. The van der Waals surface area contributed by atoms with Gasteiger partial charge in [0.25, 0.3) is 0 Å². The van der Waals surface area contributed by atoms with Gasteiger partial charge in [0.05, 0.1) is 0 Å². The molecule has 12 bridgehead atoms. The van der Waals surface area contributed by atoms with Crippen LogP contribution in [-0.4, -0.2) is 98.1 Å². The van der Waals surface area contributed by atoms with E-state index in [0.29, 0.717) is 0 Å². The van der Waals surface area contributed by atoms with E-state index >= 15 is 0 Å². The lowest BCUT2D eigenvalue weighted by Crippen LogP contribution is -2.44. The molecule has 0 radical (unpaired) electrons. The summed E-state index contributed by atoms with van der Waals surface area (Å²) in [5, 5.41) is 0. The van der Waals surface area contributed by atoms with E-state index in [2.05, 4.69) is 31.8 Å². The van der Waals surface area contributed by atoms with Gasteiger partial charge in [-0.05, 0) is 202 Å². The van der Waals surface area contributed by atoms with Crippen LogP contribution in [0, 0.1) is 47.3 Å². The SMILES string of the molecule is C1=CC2CCN(CC2)CC2CCC(CC2)CN2CCC(CC2)C2CCN(CC2)CC2CCC(CC2)CN2CCC1CC2. The molecule has 4 nitrogen and oxygen atoms in total. The van der Waals surface area contributed by atoms with Crippen LogP contribution >= 0.6 is 0 Å². The smallest absolute Gasteiger partial charge is 0.000967 e. The summed E-state index contributed by atoms with van der Waals surface area (Å²) in [7, 11) is 0. The van der Waals surface area contributed by atoms with Crippen molar-refractivity contribution in [3.05, 3.63) is 12.2 Å². The normalized spacial score (nSPS) is 47.6. The summed E-state index contributed by atoms with van der Waals surface area (Å²) in [6.45, 7) is 16.6. The van der Waals surface area contributed by atoms with Crippen LogP contribution < -0.4 is 0 Å². The first-order valence-corrected chi connectivity index (χ1v) is 19.3. The molecule has 0 aromatic heterocycles. The lowest BCUT2D eigenvalue weighted by atomic mass is 9.77. The van der Waals surface area contributed by atoms with E-state index < -0.39 is 0 Å². The average molecular weight is 579 g/mol. The summed E-state index contributed by atoms with van der Waals surface area (Å²) in [5.41, 5.74) is 0. The fourth-order valence-electron chi connectivity index (χ4n) is 10.8. The van der Waals surface area contributed by atoms with Gasteiger partial charge < -0.3 is 19.6 Å². The maximum absolute atomic E-state index is 2.88. The second kappa shape index (κ2) is 14.8. The molecular formula is C38H66N4. The van der Waals surface area contributed by atoms with E-state index in [1.54, 1.807) is 0 Å². The van der Waals surface area contributed by atoms with Crippen LogP contribution in [0.15, 0.2) is 12.2 Å². The van der Waals surface area contributed by atoms with Crippen molar-refractivity contribution >= 4 is 0 Å². The monoisotopic (exact) mass is 579 g/mol. The molecule has 14 heterocycles. The quantitative estimate of drug-likeness (QED) is 0.287. The van der Waals surface area contributed by atoms with Crippen molar-refractivity contribution in [3.63, 3.8) is 0 Å². The summed E-state index contributed by atoms with van der Waals surface area (Å²) < 4.78 is 0. The summed E-state index contributed by atoms with van der Waals surface area (Å²) in [6.07, 6.45) is 28.9. The summed E-state index contributed by atoms with van der Waals surface area (Å²) in [4.78, 5) is 11.4. The van der Waals surface area contributed by atoms with Gasteiger partial charge in [-0.3, -0.25) is 0 Å². The molecule has 2 aliphatic carbocycles. The molecule has 14 aliphatic heterocycles. The minimum Gasteiger partial charge on any atom is -0.303 e. The molecule has 16 aliphatic rings. The van der Waals surface area contributed by atoms with Crippen molar-refractivity contribution in [2.45, 2.75) is 103 Å². The van der Waals surface area contributed by atoms with Gasteiger partial charge in [0.2, 0.25) is 0 Å². The van der Waals surface area contributed by atoms with Crippen molar-refractivity contribution < 1.29 is 0 Å². The van der Waals surface area contributed by atoms with E-state index in [9.17, 15) is 0 Å². The minimum atomic E-state index is 0.848. The molecule has 16 rings (SSSR count). The van der Waals surface area contributed by atoms with Crippen LogP contribution in [0.5, 0.6) is 0 Å². The summed E-state index contributed by atoms with van der Waals surface area (Å²) in [5.74, 6) is 7.68. The Balaban J connectivity index is 0.925. The van der Waals surface area contributed by atoms with Crippen LogP contribution in [-0.2, 0) is 0 Å². The number of allylic oxidation sites excluding steroid dienone is 2. The molecule has 238 valence electrons. The predicted molar refractivity (Wildman–Crippen MR) is 177 cm³/mol. The molecule has 0 aromatic rings. The molecule has 0 atom stereocenters. The highest BCUT2D eigenvalue weighted by Crippen LogP contribution is 2.37. The fourth-order valence-corrected chi connectivity index (χ4v) is 10.8. The number of nitrogens with zero attached hydrogens (tertiary/aromatic N) is 4. The molecule has 42 heavy (non-hydrogen) atoms. The van der Waals surface area contributed by atoms with Crippen molar-refractivity contribution in [1.29, 1.82) is 0 Å². The summed E-state index contributed by atoms with van der Waals surface area (Å²) >= 11 is 0. The van der Waals surface area contributed by atoms with Gasteiger partial charge in [-0.25, -0.2) is 0 Å². The van der Waals surface area contributed by atoms with Gasteiger partial charge >= 0.3 is 0 Å². The van der Waals surface area contributed by atoms with Crippen LogP contribution in [0.2, 0.25) is 0 Å². The Bertz CT molecular complexity index is 742. The average Bonchev–Trinajstić information content (AvgIpc) is 3.04. The van der Waals surface area contributed by atoms with Crippen LogP contribution in [0.25, 0.3) is 0 Å². The molecule has 2 saturated carbocycles. The van der Waals surface area contributed by atoms with Gasteiger partial charge in [0.15, 0.2) is 0 Å². The predicted octanol–water partition coefficient (Wildman–Crippen LogP) is 7.02. The Hall–Kier alpha value is -0.420. The number of hydrogen-bond acceptors (Lipinski definition) is 4. The molecule has 6 fully saturated rings. The van der Waals surface area contributed by atoms with E-state index in [4.69, 9.17) is 0 Å². The first-order valence-electron chi connectivity index (χ1n) is 19.3. The number of hydrogen-bond donors (Lipinski definition) is 0. The van der Waals surface area contributed by atoms with Gasteiger partial charge in [-0.2, -0.15) is 0 Å². The zero-order valence-corrected chi connectivity index (χ0v) is 27.4. The van der Waals surface area contributed by atoms with Gasteiger partial charge in [-0.1, -0.05) is 12.2 Å². The zero-order valence-electron chi connectivity index (χ0n) is 27.4. The Morgan fingerprint density at radius 1 is 0.286 bits per heavy atom. The Morgan fingerprint density at radius 3 is 0.786 bits per heavy atom. The van der Waals surface area contributed by atoms with E-state index in [1.807, 2.05) is 0 Å². The Kier molecular flexibility index (Phi) is 10.6. The zero-order chi connectivity index (χ0) is 28.1. The van der Waals surface area contributed by atoms with Crippen LogP contribution in [0.1, 0.15) is 103 Å². The van der Waals surface area contributed by atoms with Gasteiger partial charge in [-0.15, -0.1) is 0 Å². The highest BCUT2D eigenvalue weighted by molar-refractivity contribution is 4.97. The summed E-state index contributed by atoms with van der Waals surface area (Å²) in [6, 6.07) is 0. The maximum Gasteiger partial charge on any atom is 0.000967 e. The number of piperidine rings is 4. The lowest BCUT2D eigenvalue weighted by molar-refractivity contribution is 0.0704. The first kappa shape index (κ1) is 30.2. The Morgan fingerprint density at radius 2 is 0.524 bits per heavy atom. The van der Waals surface area contributed by atoms with Crippen molar-refractivity contribution in [2.24, 2.45) is 47.3 Å². The second-order valence-electron chi connectivity index (χ2n) is 16.7. The van der Waals surface area contributed by atoms with Crippen LogP contribution in [0.3, 0.4) is 0 Å². The second-order valence-corrected chi connectivity index (χ2v) is 16.7.